The first-order valence-electron chi connectivity index (χ1n) is 12.4. The molecular weight excluding hydrogens is 412 g/mol. The van der Waals surface area contributed by atoms with Crippen molar-refractivity contribution in [3.05, 3.63) is 33.1 Å². The summed E-state index contributed by atoms with van der Waals surface area (Å²) in [5, 5.41) is 0. The molecule has 1 aliphatic rings. The number of nitrogens with one attached hydrogen (secondary N) is 1. The molecule has 1 aliphatic heterocycles. The summed E-state index contributed by atoms with van der Waals surface area (Å²) < 4.78 is 26.1. The van der Waals surface area contributed by atoms with E-state index in [0.29, 0.717) is 26.4 Å². The number of hydrogen-bond acceptors (Lipinski definition) is 6. The van der Waals surface area contributed by atoms with Crippen molar-refractivity contribution in [2.75, 3.05) is 26.4 Å². The quantitative estimate of drug-likeness (QED) is 0.360. The van der Waals surface area contributed by atoms with E-state index in [1.165, 1.54) is 16.8 Å². The van der Waals surface area contributed by atoms with Crippen molar-refractivity contribution in [2.24, 2.45) is 0 Å². The molecule has 0 aliphatic carbocycles. The van der Waals surface area contributed by atoms with Crippen molar-refractivity contribution in [1.82, 2.24) is 9.55 Å². The summed E-state index contributed by atoms with van der Waals surface area (Å²) in [6.45, 7) is 8.68. The van der Waals surface area contributed by atoms with Gasteiger partial charge in [0.1, 0.15) is 18.3 Å². The number of nitrogens with zero attached hydrogens (tertiary/aromatic N) is 1. The third-order valence-corrected chi connectivity index (χ3v) is 5.70. The summed E-state index contributed by atoms with van der Waals surface area (Å²) in [5.74, 6) is 0. The van der Waals surface area contributed by atoms with Crippen LogP contribution in [0.1, 0.15) is 84.8 Å². The van der Waals surface area contributed by atoms with Crippen molar-refractivity contribution in [3.63, 3.8) is 0 Å². The maximum Gasteiger partial charge on any atom is 0.330 e. The molecule has 0 radical (unpaired) electrons. The van der Waals surface area contributed by atoms with Crippen LogP contribution in [-0.4, -0.2) is 54.3 Å². The second-order valence-electron chi connectivity index (χ2n) is 8.45. The van der Waals surface area contributed by atoms with Gasteiger partial charge >= 0.3 is 5.69 Å². The lowest BCUT2D eigenvalue weighted by Crippen LogP contribution is -2.41. The zero-order valence-electron chi connectivity index (χ0n) is 20.1. The van der Waals surface area contributed by atoms with E-state index in [9.17, 15) is 9.59 Å². The fraction of sp³-hybridized carbons (Fsp3) is 0.833. The first-order chi connectivity index (χ1) is 15.6. The highest BCUT2D eigenvalue weighted by atomic mass is 16.6. The van der Waals surface area contributed by atoms with Crippen molar-refractivity contribution in [1.29, 1.82) is 0 Å². The largest absolute Gasteiger partial charge is 0.379 e. The van der Waals surface area contributed by atoms with Gasteiger partial charge in [0.15, 0.2) is 6.23 Å². The van der Waals surface area contributed by atoms with Gasteiger partial charge in [0, 0.05) is 32.1 Å². The molecule has 2 rings (SSSR count). The second kappa shape index (κ2) is 15.4. The van der Waals surface area contributed by atoms with Crippen molar-refractivity contribution >= 4 is 0 Å². The summed E-state index contributed by atoms with van der Waals surface area (Å²) in [5.41, 5.74) is -0.952. The number of H-pyrrole nitrogens is 1. The summed E-state index contributed by atoms with van der Waals surface area (Å²) >= 11 is 0. The van der Waals surface area contributed by atoms with Gasteiger partial charge in [0.05, 0.1) is 6.61 Å². The van der Waals surface area contributed by atoms with E-state index >= 15 is 0 Å². The molecule has 0 unspecified atom stereocenters. The van der Waals surface area contributed by atoms with Gasteiger partial charge in [0.25, 0.3) is 5.56 Å². The van der Waals surface area contributed by atoms with E-state index < -0.39 is 23.6 Å². The maximum atomic E-state index is 12.5. The molecule has 0 bridgehead atoms. The Balaban J connectivity index is 2.17. The number of unbranched alkanes of at least 4 members (excludes halogenated alkanes) is 6. The van der Waals surface area contributed by atoms with Crippen molar-refractivity contribution < 1.29 is 18.9 Å². The Kier molecular flexibility index (Phi) is 12.9. The molecule has 1 aromatic heterocycles. The zero-order chi connectivity index (χ0) is 23.2. The number of hydrogen-bond donors (Lipinski definition) is 1. The Morgan fingerprint density at radius 1 is 0.875 bits per heavy atom. The SMILES string of the molecule is CCCCCOC[C@H]1O[C@@H](n2ccc(=O)[nH]c2=O)[C@H](OCCCCC)[C@@H]1OCCCCC. The molecule has 32 heavy (non-hydrogen) atoms. The van der Waals surface area contributed by atoms with Gasteiger partial charge < -0.3 is 18.9 Å². The molecule has 8 nitrogen and oxygen atoms in total. The van der Waals surface area contributed by atoms with E-state index in [4.69, 9.17) is 18.9 Å². The fourth-order valence-corrected chi connectivity index (χ4v) is 3.87. The van der Waals surface area contributed by atoms with Crippen molar-refractivity contribution in [2.45, 2.75) is 103 Å². The van der Waals surface area contributed by atoms with Gasteiger partial charge in [0.2, 0.25) is 0 Å². The Labute approximate surface area is 191 Å². The molecule has 0 spiro atoms. The minimum absolute atomic E-state index is 0.344. The predicted molar refractivity (Wildman–Crippen MR) is 124 cm³/mol. The monoisotopic (exact) mass is 454 g/mol. The summed E-state index contributed by atoms with van der Waals surface area (Å²) in [4.78, 5) is 26.4. The topological polar surface area (TPSA) is 91.8 Å². The van der Waals surface area contributed by atoms with Gasteiger partial charge in [-0.15, -0.1) is 0 Å². The Bertz CT molecular complexity index is 734. The predicted octanol–water partition coefficient (Wildman–Crippen LogP) is 3.79. The molecule has 1 N–H and O–H groups in total. The van der Waals surface area contributed by atoms with Gasteiger partial charge in [-0.05, 0) is 19.3 Å². The number of aromatic amines is 1. The lowest BCUT2D eigenvalue weighted by molar-refractivity contribution is -0.0820. The summed E-state index contributed by atoms with van der Waals surface area (Å²) in [7, 11) is 0. The molecular formula is C24H42N2O6. The molecule has 184 valence electrons. The minimum Gasteiger partial charge on any atom is -0.379 e. The molecule has 0 aromatic carbocycles. The fourth-order valence-electron chi connectivity index (χ4n) is 3.87. The van der Waals surface area contributed by atoms with Crippen molar-refractivity contribution in [3.8, 4) is 0 Å². The minimum atomic E-state index is -0.679. The van der Waals surface area contributed by atoms with Gasteiger partial charge in [-0.3, -0.25) is 14.3 Å². The number of rotatable bonds is 17. The summed E-state index contributed by atoms with van der Waals surface area (Å²) in [6.07, 6.45) is 9.17. The smallest absolute Gasteiger partial charge is 0.330 e. The van der Waals surface area contributed by atoms with Gasteiger partial charge in [-0.1, -0.05) is 59.3 Å². The highest BCUT2D eigenvalue weighted by Crippen LogP contribution is 2.33. The van der Waals surface area contributed by atoms with Crippen LogP contribution in [0.15, 0.2) is 21.9 Å². The second-order valence-corrected chi connectivity index (χ2v) is 8.45. The molecule has 2 heterocycles. The number of ether oxygens (including phenoxy) is 4. The highest BCUT2D eigenvalue weighted by Gasteiger charge is 2.47. The van der Waals surface area contributed by atoms with E-state index in [1.807, 2.05) is 0 Å². The van der Waals surface area contributed by atoms with Crippen LogP contribution in [-0.2, 0) is 18.9 Å². The van der Waals surface area contributed by atoms with E-state index in [2.05, 4.69) is 25.8 Å². The van der Waals surface area contributed by atoms with Crippen LogP contribution in [0.25, 0.3) is 0 Å². The summed E-state index contributed by atoms with van der Waals surface area (Å²) in [6, 6.07) is 1.32. The van der Waals surface area contributed by atoms with E-state index in [1.54, 1.807) is 0 Å². The van der Waals surface area contributed by atoms with E-state index in [0.717, 1.165) is 57.8 Å². The highest BCUT2D eigenvalue weighted by molar-refractivity contribution is 4.95. The Morgan fingerprint density at radius 3 is 2.06 bits per heavy atom. The molecule has 0 saturated carbocycles. The number of aromatic nitrogens is 2. The first-order valence-corrected chi connectivity index (χ1v) is 12.4. The molecule has 1 saturated heterocycles. The van der Waals surface area contributed by atoms with Crippen LogP contribution in [0.2, 0.25) is 0 Å². The Hall–Kier alpha value is -1.48. The van der Waals surface area contributed by atoms with Crippen LogP contribution in [0.3, 0.4) is 0 Å². The molecule has 0 amide bonds. The standard InChI is InChI=1S/C24H42N2O6/c1-4-7-10-15-29-18-19-21(30-16-11-8-5-2)22(31-17-12-9-6-3)23(32-19)26-14-13-20(27)25-24(26)28/h13-14,19,21-23H,4-12,15-18H2,1-3H3,(H,25,27,28)/t19-,21-,22-,23-/m1/s1. The maximum absolute atomic E-state index is 12.5. The molecule has 1 fully saturated rings. The van der Waals surface area contributed by atoms with Crippen LogP contribution in [0.5, 0.6) is 0 Å². The third kappa shape index (κ3) is 8.46. The Morgan fingerprint density at radius 2 is 1.47 bits per heavy atom. The molecule has 4 atom stereocenters. The lowest BCUT2D eigenvalue weighted by atomic mass is 10.1. The average Bonchev–Trinajstić information content (AvgIpc) is 3.11. The third-order valence-electron chi connectivity index (χ3n) is 5.70. The average molecular weight is 455 g/mol. The molecule has 1 aromatic rings. The van der Waals surface area contributed by atoms with Crippen LogP contribution in [0, 0.1) is 0 Å². The first kappa shape index (κ1) is 26.8. The normalized spacial score (nSPS) is 23.1. The lowest BCUT2D eigenvalue weighted by Gasteiger charge is -2.25. The van der Waals surface area contributed by atoms with E-state index in [-0.39, 0.29) is 12.2 Å². The van der Waals surface area contributed by atoms with Crippen LogP contribution >= 0.6 is 0 Å². The molecule has 8 heteroatoms. The van der Waals surface area contributed by atoms with Gasteiger partial charge in [-0.25, -0.2) is 4.79 Å². The van der Waals surface area contributed by atoms with Crippen LogP contribution < -0.4 is 11.2 Å². The zero-order valence-corrected chi connectivity index (χ0v) is 20.1. The van der Waals surface area contributed by atoms with Gasteiger partial charge in [-0.2, -0.15) is 0 Å². The van der Waals surface area contributed by atoms with Crippen LogP contribution in [0.4, 0.5) is 0 Å².